The minimum Gasteiger partial charge on any atom is -0.469 e. The van der Waals surface area contributed by atoms with Gasteiger partial charge in [0, 0.05) is 98.6 Å². The molecule has 70 heavy (non-hydrogen) atoms. The van der Waals surface area contributed by atoms with Crippen molar-refractivity contribution in [3.05, 3.63) is 130 Å². The van der Waals surface area contributed by atoms with E-state index in [0.29, 0.717) is 96.7 Å². The van der Waals surface area contributed by atoms with Gasteiger partial charge in [0.2, 0.25) is 11.8 Å². The van der Waals surface area contributed by atoms with Crippen LogP contribution in [0.15, 0.2) is 112 Å². The zero-order valence-electron chi connectivity index (χ0n) is 41.7. The molecule has 0 saturated heterocycles. The summed E-state index contributed by atoms with van der Waals surface area (Å²) in [5.74, 6) is 0.271. The minimum absolute atomic E-state index is 0.0317. The molecule has 2 amide bonds. The van der Waals surface area contributed by atoms with E-state index in [1.807, 2.05) is 72.9 Å². The second-order valence-corrected chi connectivity index (χ2v) is 18.4. The largest absolute Gasteiger partial charge is 0.469 e. The number of imidazole rings is 1. The molecule has 0 spiro atoms. The van der Waals surface area contributed by atoms with Gasteiger partial charge < -0.3 is 33.2 Å². The van der Waals surface area contributed by atoms with E-state index in [1.165, 1.54) is 9.80 Å². The molecule has 5 aromatic rings. The van der Waals surface area contributed by atoms with Crippen molar-refractivity contribution in [1.82, 2.24) is 24.2 Å². The highest BCUT2D eigenvalue weighted by molar-refractivity contribution is 6.25. The lowest BCUT2D eigenvalue weighted by atomic mass is 9.71. The number of Topliss-reactive ketones (excluding diaryl/α,β-unsaturated/α-hetero) is 3. The molecule has 6 rings (SSSR count). The van der Waals surface area contributed by atoms with Crippen molar-refractivity contribution in [2.24, 2.45) is 5.41 Å². The normalized spacial score (nSPS) is 13.1. The first-order valence-electron chi connectivity index (χ1n) is 24.1. The Balaban J connectivity index is 1.20. The summed E-state index contributed by atoms with van der Waals surface area (Å²) in [6.07, 6.45) is 6.34. The molecule has 0 fully saturated rings. The van der Waals surface area contributed by atoms with Crippen LogP contribution in [0.2, 0.25) is 0 Å². The molecule has 0 saturated carbocycles. The van der Waals surface area contributed by atoms with Gasteiger partial charge in [0.05, 0.1) is 50.5 Å². The van der Waals surface area contributed by atoms with E-state index in [9.17, 15) is 24.0 Å². The number of ketones is 3. The van der Waals surface area contributed by atoms with Gasteiger partial charge in [-0.1, -0.05) is 74.5 Å². The van der Waals surface area contributed by atoms with Crippen LogP contribution in [-0.4, -0.2) is 120 Å². The second kappa shape index (κ2) is 25.3. The highest BCUT2D eigenvalue weighted by Crippen LogP contribution is 2.39. The number of fused-ring (bicyclic) bond motifs is 1. The topological polar surface area (TPSA) is 172 Å². The van der Waals surface area contributed by atoms with Gasteiger partial charge in [0.25, 0.3) is 0 Å². The Bertz CT molecular complexity index is 2650. The molecule has 15 heteroatoms. The molecule has 0 atom stereocenters. The van der Waals surface area contributed by atoms with Gasteiger partial charge in [0.15, 0.2) is 17.2 Å². The fraction of sp³-hybridized carbons (Fsp3) is 0.436. The van der Waals surface area contributed by atoms with Crippen molar-refractivity contribution in [3.63, 3.8) is 0 Å². The molecule has 1 aliphatic rings. The predicted molar refractivity (Wildman–Crippen MR) is 266 cm³/mol. The average molecular weight is 958 g/mol. The maximum absolute atomic E-state index is 14.6. The van der Waals surface area contributed by atoms with Crippen LogP contribution < -0.4 is 4.74 Å². The zero-order chi connectivity index (χ0) is 50.2. The van der Waals surface area contributed by atoms with E-state index in [2.05, 4.69) is 0 Å². The molecule has 0 unspecified atom stereocenters. The molecule has 2 aromatic carbocycles. The molecule has 0 radical (unpaired) electrons. The lowest BCUT2D eigenvalue weighted by molar-refractivity contribution is -0.132. The summed E-state index contributed by atoms with van der Waals surface area (Å²) in [4.78, 5) is 79.4. The summed E-state index contributed by atoms with van der Waals surface area (Å²) in [7, 11) is 1.66. The monoisotopic (exact) mass is 957 g/mol. The maximum Gasteiger partial charge on any atom is 0.416 e. The number of likely N-dealkylation sites (N-methyl/N-ethyl adjacent to an activating group) is 1. The van der Waals surface area contributed by atoms with Crippen molar-refractivity contribution in [2.75, 3.05) is 66.3 Å². The molecular formula is C55H67N5O10. The van der Waals surface area contributed by atoms with Crippen LogP contribution in [0, 0.1) is 5.41 Å². The summed E-state index contributed by atoms with van der Waals surface area (Å²) in [6, 6.07) is 23.4. The third-order valence-corrected chi connectivity index (χ3v) is 12.5. The Hall–Kier alpha value is -6.55. The third kappa shape index (κ3) is 14.3. The van der Waals surface area contributed by atoms with E-state index >= 15 is 0 Å². The van der Waals surface area contributed by atoms with Crippen molar-refractivity contribution in [3.8, 4) is 17.1 Å². The van der Waals surface area contributed by atoms with E-state index < -0.39 is 11.5 Å². The van der Waals surface area contributed by atoms with Crippen LogP contribution in [-0.2, 0) is 46.2 Å². The Labute approximate surface area is 410 Å². The fourth-order valence-corrected chi connectivity index (χ4v) is 8.34. The van der Waals surface area contributed by atoms with Gasteiger partial charge >= 0.3 is 6.09 Å². The van der Waals surface area contributed by atoms with Crippen molar-refractivity contribution in [1.29, 1.82) is 0 Å². The first kappa shape index (κ1) is 52.8. The first-order valence-corrected chi connectivity index (χ1v) is 24.1. The summed E-state index contributed by atoms with van der Waals surface area (Å²) in [5, 5.41) is 0. The highest BCUT2D eigenvalue weighted by Gasteiger charge is 2.39. The summed E-state index contributed by atoms with van der Waals surface area (Å²) >= 11 is 0. The summed E-state index contributed by atoms with van der Waals surface area (Å²) in [5.41, 5.74) is 4.86. The van der Waals surface area contributed by atoms with Crippen LogP contribution in [0.4, 0.5) is 4.79 Å². The van der Waals surface area contributed by atoms with Crippen molar-refractivity contribution >= 4 is 35.0 Å². The highest BCUT2D eigenvalue weighted by atomic mass is 16.6. The number of hydrogen-bond donors (Lipinski definition) is 0. The smallest absolute Gasteiger partial charge is 0.416 e. The number of rotatable bonds is 27. The number of benzene rings is 2. The molecule has 0 bridgehead atoms. The van der Waals surface area contributed by atoms with Crippen LogP contribution in [0.3, 0.4) is 0 Å². The average Bonchev–Trinajstić information content (AvgIpc) is 3.99. The van der Waals surface area contributed by atoms with Gasteiger partial charge in [-0.05, 0) is 64.7 Å². The standard InChI is InChI=1S/C55H67N5O10/c1-38(61)23-30-68-33-32-67-28-16-10-15-27-66-31-26-59(25-24-58(7)48(62)36-55(5,6)49-41(4)50(63)39(2)40(3)51(49)64)54(65)70-53-46(35-44-22-17-29-69-44)57-52-45(34-42-18-11-8-12-19-42)56-47(37-60(52)53)43-20-13-9-14-21-43/h8-9,11-14,17-22,29,37H,10,15-16,23-28,30-36H2,1-7H3. The minimum atomic E-state index is -0.936. The van der Waals surface area contributed by atoms with Crippen LogP contribution in [0.5, 0.6) is 5.88 Å². The number of amides is 2. The number of hydrogen-bond acceptors (Lipinski definition) is 12. The maximum atomic E-state index is 14.6. The van der Waals surface area contributed by atoms with Gasteiger partial charge in [-0.15, -0.1) is 0 Å². The van der Waals surface area contributed by atoms with Crippen LogP contribution in [0.25, 0.3) is 16.9 Å². The fourth-order valence-electron chi connectivity index (χ4n) is 8.34. The van der Waals surface area contributed by atoms with E-state index in [-0.39, 0.29) is 68.2 Å². The Morgan fingerprint density at radius 2 is 1.36 bits per heavy atom. The summed E-state index contributed by atoms with van der Waals surface area (Å²) in [6.45, 7) is 13.1. The zero-order valence-corrected chi connectivity index (χ0v) is 41.7. The van der Waals surface area contributed by atoms with Gasteiger partial charge in [-0.3, -0.25) is 23.6 Å². The van der Waals surface area contributed by atoms with Crippen molar-refractivity contribution < 1.29 is 47.3 Å². The molecule has 372 valence electrons. The number of unbranched alkanes of at least 4 members (excludes halogenated alkanes) is 2. The van der Waals surface area contributed by atoms with Gasteiger partial charge in [-0.25, -0.2) is 14.8 Å². The second-order valence-electron chi connectivity index (χ2n) is 18.4. The number of nitrogens with zero attached hydrogens (tertiary/aromatic N) is 5. The molecule has 1 aliphatic carbocycles. The predicted octanol–water partition coefficient (Wildman–Crippen LogP) is 8.85. The van der Waals surface area contributed by atoms with Crippen LogP contribution in [0.1, 0.15) is 96.4 Å². The quantitative estimate of drug-likeness (QED) is 0.0362. The number of aromatic nitrogens is 3. The first-order chi connectivity index (χ1) is 33.6. The lowest BCUT2D eigenvalue weighted by Crippen LogP contribution is -2.43. The number of ether oxygens (including phenoxy) is 4. The van der Waals surface area contributed by atoms with E-state index in [0.717, 1.165) is 30.4 Å². The lowest BCUT2D eigenvalue weighted by Gasteiger charge is -2.33. The SMILES string of the molecule is CC(=O)CCOCCOCCCCCOCCN(CCN(C)C(=O)CC(C)(C)C1=C(C)C(=O)C(C)=C(C)C1=O)C(=O)Oc1c(Cc2ccco2)nc2c(Cc3ccccc3)nc(-c3ccccc3)cn12. The van der Waals surface area contributed by atoms with E-state index in [4.69, 9.17) is 33.3 Å². The van der Waals surface area contributed by atoms with Crippen molar-refractivity contribution in [2.45, 2.75) is 86.5 Å². The number of furan rings is 1. The van der Waals surface area contributed by atoms with Gasteiger partial charge in [-0.2, -0.15) is 0 Å². The molecular weight excluding hydrogens is 891 g/mol. The Morgan fingerprint density at radius 3 is 2.03 bits per heavy atom. The van der Waals surface area contributed by atoms with Crippen LogP contribution >= 0.6 is 0 Å². The summed E-state index contributed by atoms with van der Waals surface area (Å²) < 4.78 is 31.1. The Morgan fingerprint density at radius 1 is 0.700 bits per heavy atom. The number of carbonyl (C=O) groups excluding carboxylic acids is 5. The molecule has 15 nitrogen and oxygen atoms in total. The third-order valence-electron chi connectivity index (χ3n) is 12.5. The number of allylic oxidation sites excluding steroid dienone is 4. The molecule has 0 N–H and O–H groups in total. The van der Waals surface area contributed by atoms with Gasteiger partial charge in [0.1, 0.15) is 17.2 Å². The number of carbonyl (C=O) groups is 5. The molecule has 3 heterocycles. The molecule has 0 aliphatic heterocycles. The van der Waals surface area contributed by atoms with E-state index in [1.54, 1.807) is 65.3 Å². The molecule has 3 aromatic heterocycles. The Kier molecular flexibility index (Phi) is 19.1.